The molecule has 3 aromatic rings. The van der Waals surface area contributed by atoms with Crippen molar-refractivity contribution in [2.75, 3.05) is 13.7 Å². The van der Waals surface area contributed by atoms with Crippen LogP contribution in [0.5, 0.6) is 23.0 Å². The molecule has 1 aliphatic heterocycles. The molecule has 176 valence electrons. The largest absolute Gasteiger partial charge is 0.493 e. The van der Waals surface area contributed by atoms with E-state index in [2.05, 4.69) is 26.5 Å². The minimum atomic E-state index is -0.800. The number of nitrogens with one attached hydrogen (secondary N) is 1. The number of fused-ring (bicyclic) bond motifs is 1. The van der Waals surface area contributed by atoms with Gasteiger partial charge in [0.1, 0.15) is 13.2 Å². The highest BCUT2D eigenvalue weighted by Gasteiger charge is 2.27. The van der Waals surface area contributed by atoms with E-state index in [9.17, 15) is 4.79 Å². The average Bonchev–Trinajstić information content (AvgIpc) is 2.84. The van der Waals surface area contributed by atoms with Gasteiger partial charge in [0.2, 0.25) is 6.10 Å². The first-order chi connectivity index (χ1) is 16.4. The van der Waals surface area contributed by atoms with Crippen LogP contribution in [0.3, 0.4) is 0 Å². The highest BCUT2D eigenvalue weighted by molar-refractivity contribution is 9.10. The fourth-order valence-electron chi connectivity index (χ4n) is 3.13. The minimum Gasteiger partial charge on any atom is -0.493 e. The number of carbonyl (C=O) groups is 1. The number of amides is 1. The third-order valence-corrected chi connectivity index (χ3v) is 6.14. The summed E-state index contributed by atoms with van der Waals surface area (Å²) in [5, 5.41) is 4.96. The smallest absolute Gasteiger partial charge is 0.284 e. The van der Waals surface area contributed by atoms with Crippen LogP contribution in [0.25, 0.3) is 0 Å². The Bertz CT molecular complexity index is 1240. The third kappa shape index (κ3) is 5.75. The number of para-hydroxylation sites is 2. The van der Waals surface area contributed by atoms with Crippen LogP contribution in [0.1, 0.15) is 11.1 Å². The number of hydrazone groups is 1. The van der Waals surface area contributed by atoms with Gasteiger partial charge in [-0.2, -0.15) is 5.10 Å². The highest BCUT2D eigenvalue weighted by atomic mass is 79.9. The van der Waals surface area contributed by atoms with Gasteiger partial charge in [0.25, 0.3) is 5.91 Å². The van der Waals surface area contributed by atoms with Crippen molar-refractivity contribution in [1.29, 1.82) is 0 Å². The molecule has 10 heteroatoms. The van der Waals surface area contributed by atoms with E-state index in [4.69, 9.17) is 42.1 Å². The van der Waals surface area contributed by atoms with Gasteiger partial charge in [-0.1, -0.05) is 41.4 Å². The Kier molecular flexibility index (Phi) is 7.82. The summed E-state index contributed by atoms with van der Waals surface area (Å²) >= 11 is 15.5. The van der Waals surface area contributed by atoms with Crippen LogP contribution >= 0.6 is 39.1 Å². The SMILES string of the molecule is COc1cc(/C=N\NC(=O)[C@H]2COc3ccccc3O2)cc(Br)c1OCc1ccc(Cl)c(Cl)c1. The van der Waals surface area contributed by atoms with Crippen LogP contribution in [-0.2, 0) is 11.4 Å². The lowest BCUT2D eigenvalue weighted by molar-refractivity contribution is -0.130. The van der Waals surface area contributed by atoms with E-state index < -0.39 is 12.0 Å². The molecule has 3 aromatic carbocycles. The molecule has 1 aliphatic rings. The van der Waals surface area contributed by atoms with Gasteiger partial charge in [-0.3, -0.25) is 4.79 Å². The van der Waals surface area contributed by atoms with Gasteiger partial charge in [-0.15, -0.1) is 0 Å². The molecule has 7 nitrogen and oxygen atoms in total. The lowest BCUT2D eigenvalue weighted by Crippen LogP contribution is -2.42. The normalized spacial score (nSPS) is 14.6. The number of hydrogen-bond donors (Lipinski definition) is 1. The molecule has 0 fully saturated rings. The fourth-order valence-corrected chi connectivity index (χ4v) is 4.03. The number of ether oxygens (including phenoxy) is 4. The van der Waals surface area contributed by atoms with Crippen LogP contribution in [0, 0.1) is 0 Å². The van der Waals surface area contributed by atoms with E-state index in [0.29, 0.717) is 43.1 Å². The summed E-state index contributed by atoms with van der Waals surface area (Å²) < 4.78 is 23.3. The second kappa shape index (κ2) is 11.0. The van der Waals surface area contributed by atoms with Crippen molar-refractivity contribution in [3.8, 4) is 23.0 Å². The lowest BCUT2D eigenvalue weighted by Gasteiger charge is -2.24. The topological polar surface area (TPSA) is 78.4 Å². The van der Waals surface area contributed by atoms with Gasteiger partial charge >= 0.3 is 0 Å². The molecule has 0 saturated carbocycles. The van der Waals surface area contributed by atoms with Gasteiger partial charge in [-0.25, -0.2) is 5.43 Å². The maximum Gasteiger partial charge on any atom is 0.284 e. The Morgan fingerprint density at radius 3 is 2.74 bits per heavy atom. The third-order valence-electron chi connectivity index (χ3n) is 4.81. The number of hydrogen-bond acceptors (Lipinski definition) is 6. The zero-order valence-electron chi connectivity index (χ0n) is 17.9. The maximum absolute atomic E-state index is 12.4. The molecule has 0 aliphatic carbocycles. The van der Waals surface area contributed by atoms with Gasteiger partial charge < -0.3 is 18.9 Å². The number of halogens is 3. The number of nitrogens with zero attached hydrogens (tertiary/aromatic N) is 1. The van der Waals surface area contributed by atoms with Crippen LogP contribution in [0.4, 0.5) is 0 Å². The zero-order chi connectivity index (χ0) is 24.1. The van der Waals surface area contributed by atoms with Crippen molar-refractivity contribution in [1.82, 2.24) is 5.43 Å². The second-order valence-electron chi connectivity index (χ2n) is 7.17. The molecule has 0 aromatic heterocycles. The Hall–Kier alpha value is -2.94. The molecule has 1 N–H and O–H groups in total. The van der Waals surface area contributed by atoms with Gasteiger partial charge in [0.05, 0.1) is 27.8 Å². The quantitative estimate of drug-likeness (QED) is 0.296. The first-order valence-corrected chi connectivity index (χ1v) is 11.6. The molecule has 1 heterocycles. The van der Waals surface area contributed by atoms with Gasteiger partial charge in [-0.05, 0) is 63.5 Å². The van der Waals surface area contributed by atoms with Crippen LogP contribution in [-0.4, -0.2) is 31.9 Å². The summed E-state index contributed by atoms with van der Waals surface area (Å²) in [6.07, 6.45) is 0.691. The van der Waals surface area contributed by atoms with Crippen molar-refractivity contribution >= 4 is 51.3 Å². The van der Waals surface area contributed by atoms with E-state index >= 15 is 0 Å². The van der Waals surface area contributed by atoms with Crippen LogP contribution in [0.2, 0.25) is 10.0 Å². The van der Waals surface area contributed by atoms with Crippen LogP contribution < -0.4 is 24.4 Å². The first-order valence-electron chi connectivity index (χ1n) is 10.1. The molecule has 0 unspecified atom stereocenters. The Morgan fingerprint density at radius 1 is 1.18 bits per heavy atom. The van der Waals surface area contributed by atoms with Crippen molar-refractivity contribution in [2.45, 2.75) is 12.7 Å². The van der Waals surface area contributed by atoms with Crippen molar-refractivity contribution < 1.29 is 23.7 Å². The predicted molar refractivity (Wildman–Crippen MR) is 134 cm³/mol. The Balaban J connectivity index is 1.39. The minimum absolute atomic E-state index is 0.0998. The van der Waals surface area contributed by atoms with Crippen molar-refractivity contribution in [3.05, 3.63) is 80.2 Å². The molecule has 4 rings (SSSR count). The predicted octanol–water partition coefficient (Wildman–Crippen LogP) is 5.63. The summed E-state index contributed by atoms with van der Waals surface area (Å²) in [4.78, 5) is 12.4. The van der Waals surface area contributed by atoms with E-state index in [1.54, 1.807) is 36.4 Å². The molecule has 34 heavy (non-hydrogen) atoms. The summed E-state index contributed by atoms with van der Waals surface area (Å²) in [6.45, 7) is 0.366. The summed E-state index contributed by atoms with van der Waals surface area (Å²) in [5.41, 5.74) is 4.01. The molecular formula is C24H19BrCl2N2O5. The molecular weight excluding hydrogens is 547 g/mol. The van der Waals surface area contributed by atoms with E-state index in [1.807, 2.05) is 18.2 Å². The van der Waals surface area contributed by atoms with E-state index in [1.165, 1.54) is 13.3 Å². The van der Waals surface area contributed by atoms with E-state index in [0.717, 1.165) is 5.56 Å². The number of carbonyl (C=O) groups excluding carboxylic acids is 1. The van der Waals surface area contributed by atoms with Crippen molar-refractivity contribution in [3.63, 3.8) is 0 Å². The average molecular weight is 566 g/mol. The standard InChI is InChI=1S/C24H19BrCl2N2O5/c1-31-21-10-15(8-16(25)23(21)33-12-14-6-7-17(26)18(27)9-14)11-28-29-24(30)22-13-32-19-4-2-3-5-20(19)34-22/h2-11,22H,12-13H2,1H3,(H,29,30)/b28-11-/t22-/m1/s1. The summed E-state index contributed by atoms with van der Waals surface area (Å²) in [6, 6.07) is 16.0. The molecule has 0 saturated heterocycles. The second-order valence-corrected chi connectivity index (χ2v) is 8.84. The van der Waals surface area contributed by atoms with E-state index in [-0.39, 0.29) is 13.2 Å². The number of methoxy groups -OCH3 is 1. The Labute approximate surface area is 214 Å². The summed E-state index contributed by atoms with van der Waals surface area (Å²) in [5.74, 6) is 1.71. The monoisotopic (exact) mass is 564 g/mol. The molecule has 0 radical (unpaired) electrons. The first kappa shape index (κ1) is 24.2. The number of rotatable bonds is 7. The fraction of sp³-hybridized carbons (Fsp3) is 0.167. The summed E-state index contributed by atoms with van der Waals surface area (Å²) in [7, 11) is 1.54. The van der Waals surface area contributed by atoms with Crippen LogP contribution in [0.15, 0.2) is 64.2 Å². The molecule has 0 bridgehead atoms. The highest BCUT2D eigenvalue weighted by Crippen LogP contribution is 2.37. The molecule has 0 spiro atoms. The molecule has 1 atom stereocenters. The number of benzene rings is 3. The maximum atomic E-state index is 12.4. The van der Waals surface area contributed by atoms with Gasteiger partial charge in [0, 0.05) is 0 Å². The van der Waals surface area contributed by atoms with Gasteiger partial charge in [0.15, 0.2) is 23.0 Å². The Morgan fingerprint density at radius 2 is 1.97 bits per heavy atom. The lowest BCUT2D eigenvalue weighted by atomic mass is 10.2. The zero-order valence-corrected chi connectivity index (χ0v) is 21.0. The van der Waals surface area contributed by atoms with Crippen molar-refractivity contribution in [2.24, 2.45) is 5.10 Å². The molecule has 1 amide bonds.